The number of hydrogen-bond acceptors (Lipinski definition) is 5. The zero-order valence-corrected chi connectivity index (χ0v) is 13.9. The highest BCUT2D eigenvalue weighted by molar-refractivity contribution is 7.11. The molecule has 1 aliphatic rings. The van der Waals surface area contributed by atoms with E-state index in [1.807, 2.05) is 13.8 Å². The maximum Gasteiger partial charge on any atom is 0.258 e. The Morgan fingerprint density at radius 2 is 2.24 bits per heavy atom. The predicted octanol–water partition coefficient (Wildman–Crippen LogP) is 3.10. The van der Waals surface area contributed by atoms with E-state index in [1.54, 1.807) is 0 Å². The van der Waals surface area contributed by atoms with Gasteiger partial charge in [0.1, 0.15) is 10.6 Å². The van der Waals surface area contributed by atoms with Gasteiger partial charge in [-0.1, -0.05) is 19.8 Å². The van der Waals surface area contributed by atoms with Crippen LogP contribution in [0.2, 0.25) is 0 Å². The molecule has 118 valence electrons. The third-order valence-electron chi connectivity index (χ3n) is 3.96. The summed E-state index contributed by atoms with van der Waals surface area (Å²) in [7, 11) is 0. The fourth-order valence-corrected chi connectivity index (χ4v) is 3.68. The first-order valence-corrected chi connectivity index (χ1v) is 8.54. The van der Waals surface area contributed by atoms with Gasteiger partial charge in [0.15, 0.2) is 5.82 Å². The molecule has 2 unspecified atom stereocenters. The number of hydrogen-bond donors (Lipinski definition) is 3. The minimum absolute atomic E-state index is 0.0869. The zero-order valence-electron chi connectivity index (χ0n) is 13.1. The third kappa shape index (κ3) is 4.33. The Balaban J connectivity index is 1.98. The number of carbonyl (C=O) groups is 1. The fourth-order valence-electron chi connectivity index (χ4n) is 2.96. The van der Waals surface area contributed by atoms with Gasteiger partial charge in [-0.3, -0.25) is 4.79 Å². The molecule has 0 spiro atoms. The maximum absolute atomic E-state index is 12.2. The summed E-state index contributed by atoms with van der Waals surface area (Å²) < 4.78 is 4.12. The third-order valence-corrected chi connectivity index (χ3v) is 4.78. The highest BCUT2D eigenvalue weighted by Crippen LogP contribution is 2.31. The molecular formula is C15H26N4OS. The summed E-state index contributed by atoms with van der Waals surface area (Å²) in [5.74, 6) is 1.66. The van der Waals surface area contributed by atoms with Gasteiger partial charge in [0.25, 0.3) is 5.91 Å². The van der Waals surface area contributed by atoms with E-state index < -0.39 is 0 Å². The molecule has 0 radical (unpaired) electrons. The molecule has 1 aliphatic carbocycles. The van der Waals surface area contributed by atoms with Crippen LogP contribution in [0.5, 0.6) is 0 Å². The number of nitrogen functional groups attached to an aromatic ring is 1. The Labute approximate surface area is 130 Å². The SMILES string of the molecule is CC1CCCC(CNc2snc(N)c2C(=O)NC(C)C)C1. The van der Waals surface area contributed by atoms with Gasteiger partial charge in [-0.15, -0.1) is 0 Å². The predicted molar refractivity (Wildman–Crippen MR) is 88.7 cm³/mol. The Morgan fingerprint density at radius 3 is 2.90 bits per heavy atom. The fraction of sp³-hybridized carbons (Fsp3) is 0.733. The monoisotopic (exact) mass is 310 g/mol. The summed E-state index contributed by atoms with van der Waals surface area (Å²) in [4.78, 5) is 12.2. The largest absolute Gasteiger partial charge is 0.382 e. The molecule has 2 atom stereocenters. The second kappa shape index (κ2) is 7.11. The van der Waals surface area contributed by atoms with Crippen molar-refractivity contribution >= 4 is 28.3 Å². The van der Waals surface area contributed by atoms with Crippen LogP contribution in [-0.2, 0) is 0 Å². The van der Waals surface area contributed by atoms with Crippen LogP contribution in [0.3, 0.4) is 0 Å². The number of carbonyl (C=O) groups excluding carboxylic acids is 1. The van der Waals surface area contributed by atoms with Gasteiger partial charge in [-0.2, -0.15) is 4.37 Å². The van der Waals surface area contributed by atoms with E-state index in [1.165, 1.54) is 37.2 Å². The number of nitrogens with two attached hydrogens (primary N) is 1. The molecule has 0 aliphatic heterocycles. The van der Waals surface area contributed by atoms with Gasteiger partial charge in [0, 0.05) is 12.6 Å². The van der Waals surface area contributed by atoms with Gasteiger partial charge in [-0.05, 0) is 50.1 Å². The molecule has 1 aromatic heterocycles. The molecule has 0 bridgehead atoms. The molecule has 1 heterocycles. The minimum Gasteiger partial charge on any atom is -0.382 e. The van der Waals surface area contributed by atoms with Crippen molar-refractivity contribution in [2.45, 2.75) is 52.5 Å². The summed E-state index contributed by atoms with van der Waals surface area (Å²) in [6.07, 6.45) is 5.17. The highest BCUT2D eigenvalue weighted by atomic mass is 32.1. The van der Waals surface area contributed by atoms with E-state index in [4.69, 9.17) is 5.73 Å². The first-order chi connectivity index (χ1) is 9.97. The zero-order chi connectivity index (χ0) is 15.4. The van der Waals surface area contributed by atoms with E-state index in [0.717, 1.165) is 17.5 Å². The van der Waals surface area contributed by atoms with Crippen molar-refractivity contribution in [2.24, 2.45) is 11.8 Å². The number of nitrogens with zero attached hydrogens (tertiary/aromatic N) is 1. The van der Waals surface area contributed by atoms with Crippen LogP contribution >= 0.6 is 11.5 Å². The molecular weight excluding hydrogens is 284 g/mol. The molecule has 1 amide bonds. The van der Waals surface area contributed by atoms with Crippen molar-refractivity contribution in [3.05, 3.63) is 5.56 Å². The molecule has 0 saturated heterocycles. The van der Waals surface area contributed by atoms with E-state index >= 15 is 0 Å². The Kier molecular flexibility index (Phi) is 5.45. The van der Waals surface area contributed by atoms with E-state index in [-0.39, 0.29) is 11.9 Å². The molecule has 1 fully saturated rings. The molecule has 0 aromatic carbocycles. The number of aromatic nitrogens is 1. The van der Waals surface area contributed by atoms with Crippen LogP contribution in [0.4, 0.5) is 10.8 Å². The smallest absolute Gasteiger partial charge is 0.258 e. The van der Waals surface area contributed by atoms with Gasteiger partial charge in [0.05, 0.1) is 0 Å². The van der Waals surface area contributed by atoms with Crippen LogP contribution in [0, 0.1) is 11.8 Å². The summed E-state index contributed by atoms with van der Waals surface area (Å²) in [6, 6.07) is 0.0869. The van der Waals surface area contributed by atoms with Crippen molar-refractivity contribution in [1.29, 1.82) is 0 Å². The van der Waals surface area contributed by atoms with E-state index in [9.17, 15) is 4.79 Å². The van der Waals surface area contributed by atoms with Crippen molar-refractivity contribution in [3.63, 3.8) is 0 Å². The average molecular weight is 310 g/mol. The molecule has 2 rings (SSSR count). The first-order valence-electron chi connectivity index (χ1n) is 7.77. The molecule has 1 saturated carbocycles. The lowest BCUT2D eigenvalue weighted by molar-refractivity contribution is 0.0945. The first kappa shape index (κ1) is 16.1. The molecule has 5 nitrogen and oxygen atoms in total. The second-order valence-corrected chi connectivity index (χ2v) is 7.19. The van der Waals surface area contributed by atoms with Crippen molar-refractivity contribution in [1.82, 2.24) is 9.69 Å². The summed E-state index contributed by atoms with van der Waals surface area (Å²) >= 11 is 1.27. The normalized spacial score (nSPS) is 22.3. The Morgan fingerprint density at radius 1 is 1.48 bits per heavy atom. The molecule has 6 heteroatoms. The number of anilines is 2. The van der Waals surface area contributed by atoms with Crippen molar-refractivity contribution in [3.8, 4) is 0 Å². The van der Waals surface area contributed by atoms with Gasteiger partial charge >= 0.3 is 0 Å². The lowest BCUT2D eigenvalue weighted by Gasteiger charge is -2.26. The Bertz CT molecular complexity index is 486. The van der Waals surface area contributed by atoms with Gasteiger partial charge < -0.3 is 16.4 Å². The molecule has 4 N–H and O–H groups in total. The lowest BCUT2D eigenvalue weighted by atomic mass is 9.82. The van der Waals surface area contributed by atoms with Crippen molar-refractivity contribution < 1.29 is 4.79 Å². The molecule has 21 heavy (non-hydrogen) atoms. The van der Waals surface area contributed by atoms with Crippen LogP contribution < -0.4 is 16.4 Å². The Hall–Kier alpha value is -1.30. The quantitative estimate of drug-likeness (QED) is 0.780. The average Bonchev–Trinajstić information content (AvgIpc) is 2.77. The topological polar surface area (TPSA) is 80.0 Å². The van der Waals surface area contributed by atoms with Crippen LogP contribution in [-0.4, -0.2) is 22.9 Å². The standard InChI is InChI=1S/C15H26N4OS/c1-9(2)18-14(20)12-13(16)19-21-15(12)17-8-11-6-4-5-10(3)7-11/h9-11,17H,4-8H2,1-3H3,(H2,16,19)(H,18,20). The number of nitrogens with one attached hydrogen (secondary N) is 2. The van der Waals surface area contributed by atoms with Crippen LogP contribution in [0.1, 0.15) is 56.8 Å². The van der Waals surface area contributed by atoms with Crippen LogP contribution in [0.25, 0.3) is 0 Å². The number of rotatable bonds is 5. The number of amides is 1. The molecule has 1 aromatic rings. The maximum atomic E-state index is 12.2. The summed E-state index contributed by atoms with van der Waals surface area (Å²) in [6.45, 7) is 7.08. The minimum atomic E-state index is -0.143. The van der Waals surface area contributed by atoms with E-state index in [2.05, 4.69) is 21.9 Å². The van der Waals surface area contributed by atoms with Gasteiger partial charge in [-0.25, -0.2) is 0 Å². The van der Waals surface area contributed by atoms with E-state index in [0.29, 0.717) is 17.3 Å². The van der Waals surface area contributed by atoms with Crippen LogP contribution in [0.15, 0.2) is 0 Å². The van der Waals surface area contributed by atoms with Crippen molar-refractivity contribution in [2.75, 3.05) is 17.6 Å². The van der Waals surface area contributed by atoms with Gasteiger partial charge in [0.2, 0.25) is 0 Å². The lowest BCUT2D eigenvalue weighted by Crippen LogP contribution is -2.31. The second-order valence-electron chi connectivity index (χ2n) is 6.42. The highest BCUT2D eigenvalue weighted by Gasteiger charge is 2.22. The summed E-state index contributed by atoms with van der Waals surface area (Å²) in [5.41, 5.74) is 6.35. The summed E-state index contributed by atoms with van der Waals surface area (Å²) in [5, 5.41) is 7.07.